The molecule has 0 aliphatic heterocycles. The molecule has 0 heterocycles. The van der Waals surface area contributed by atoms with Gasteiger partial charge in [-0.2, -0.15) is 0 Å². The molecule has 1 aliphatic rings. The molecule has 0 saturated carbocycles. The summed E-state index contributed by atoms with van der Waals surface area (Å²) in [5.41, 5.74) is 15.0. The fraction of sp³-hybridized carbons (Fsp3) is 0.0423. The van der Waals surface area contributed by atoms with Gasteiger partial charge in [0.25, 0.3) is 0 Å². The van der Waals surface area contributed by atoms with Crippen LogP contribution in [0.4, 0.5) is 0 Å². The Morgan fingerprint density at radius 3 is 1.26 bits per heavy atom. The Labute approximate surface area is 422 Å². The van der Waals surface area contributed by atoms with E-state index in [4.69, 9.17) is 0 Å². The number of rotatable bonds is 8. The van der Waals surface area contributed by atoms with Crippen LogP contribution in [0.3, 0.4) is 0 Å². The van der Waals surface area contributed by atoms with Gasteiger partial charge in [0.05, 0.1) is 0 Å². The normalized spacial score (nSPS) is 13.0. The lowest BCUT2D eigenvalue weighted by Crippen LogP contribution is -2.74. The van der Waals surface area contributed by atoms with Crippen molar-refractivity contribution >= 4 is 71.9 Å². The van der Waals surface area contributed by atoms with Crippen LogP contribution in [0.25, 0.3) is 98.7 Å². The molecule has 0 amide bonds. The molecule has 1 aliphatic carbocycles. The number of hydrogen-bond acceptors (Lipinski definition) is 0. The topological polar surface area (TPSA) is 0 Å². The summed E-state index contributed by atoms with van der Waals surface area (Å²) in [5, 5.41) is 15.9. The molecule has 0 saturated heterocycles. The second-order valence-electron chi connectivity index (χ2n) is 20.4. The van der Waals surface area contributed by atoms with Crippen molar-refractivity contribution in [2.45, 2.75) is 19.3 Å². The van der Waals surface area contributed by atoms with E-state index in [9.17, 15) is 0 Å². The quantitative estimate of drug-likeness (QED) is 0.0809. The minimum Gasteiger partial charge on any atom is -0.0623 e. The molecule has 0 fully saturated rings. The van der Waals surface area contributed by atoms with Crippen molar-refractivity contribution in [3.8, 4) is 55.6 Å². The maximum absolute atomic E-state index is 2.68. The third-order valence-electron chi connectivity index (χ3n) is 16.1. The molecule has 13 aromatic carbocycles. The molecule has 0 bridgehead atoms. The Morgan fingerprint density at radius 1 is 0.250 bits per heavy atom. The Kier molecular flexibility index (Phi) is 9.68. The van der Waals surface area contributed by atoms with Gasteiger partial charge in [0, 0.05) is 5.41 Å². The van der Waals surface area contributed by atoms with Crippen molar-refractivity contribution in [3.05, 3.63) is 278 Å². The van der Waals surface area contributed by atoms with Gasteiger partial charge in [-0.15, -0.1) is 0 Å². The zero-order valence-corrected chi connectivity index (χ0v) is 41.4. The van der Waals surface area contributed by atoms with Crippen LogP contribution in [0.15, 0.2) is 267 Å². The second-order valence-corrected chi connectivity index (χ2v) is 24.2. The first-order valence-corrected chi connectivity index (χ1v) is 27.3. The van der Waals surface area contributed by atoms with E-state index in [-0.39, 0.29) is 5.41 Å². The average Bonchev–Trinajstić information content (AvgIpc) is 3.67. The smallest absolute Gasteiger partial charge is 0.0623 e. The number of benzene rings is 13. The van der Waals surface area contributed by atoms with E-state index >= 15 is 0 Å². The maximum Gasteiger partial charge on any atom is 0.179 e. The van der Waals surface area contributed by atoms with Crippen LogP contribution in [-0.2, 0) is 5.41 Å². The summed E-state index contributed by atoms with van der Waals surface area (Å²) in [6.45, 7) is 4.83. The first-order valence-electron chi connectivity index (χ1n) is 25.3. The lowest BCUT2D eigenvalue weighted by atomic mass is 9.80. The predicted molar refractivity (Wildman–Crippen MR) is 311 cm³/mol. The fourth-order valence-electron chi connectivity index (χ4n) is 12.5. The van der Waals surface area contributed by atoms with Gasteiger partial charge >= 0.3 is 0 Å². The first kappa shape index (κ1) is 42.3. The van der Waals surface area contributed by atoms with Crippen LogP contribution in [0.1, 0.15) is 25.0 Å². The fourth-order valence-corrected chi connectivity index (χ4v) is 17.3. The third-order valence-corrected chi connectivity index (χ3v) is 20.9. The van der Waals surface area contributed by atoms with Gasteiger partial charge in [-0.3, -0.25) is 0 Å². The van der Waals surface area contributed by atoms with E-state index < -0.39 is 8.07 Å². The Bertz CT molecular complexity index is 4090. The molecule has 0 N–H and O–H groups in total. The van der Waals surface area contributed by atoms with Crippen LogP contribution in [0.5, 0.6) is 0 Å². The second kappa shape index (κ2) is 16.5. The molecule has 0 radical (unpaired) electrons. The van der Waals surface area contributed by atoms with E-state index in [1.165, 1.54) is 131 Å². The van der Waals surface area contributed by atoms with E-state index in [0.717, 1.165) is 0 Å². The highest BCUT2D eigenvalue weighted by Crippen LogP contribution is 2.52. The van der Waals surface area contributed by atoms with Crippen molar-refractivity contribution in [2.24, 2.45) is 0 Å². The number of hydrogen-bond donors (Lipinski definition) is 0. The molecule has 72 heavy (non-hydrogen) atoms. The molecule has 0 aromatic heterocycles. The van der Waals surface area contributed by atoms with E-state index in [2.05, 4.69) is 281 Å². The third kappa shape index (κ3) is 6.58. The van der Waals surface area contributed by atoms with Gasteiger partial charge < -0.3 is 0 Å². The monoisotopic (exact) mass is 930 g/mol. The summed E-state index contributed by atoms with van der Waals surface area (Å²) >= 11 is 0. The predicted octanol–water partition coefficient (Wildman–Crippen LogP) is 16.1. The highest BCUT2D eigenvalue weighted by Gasteiger charge is 2.41. The zero-order valence-electron chi connectivity index (χ0n) is 40.4. The van der Waals surface area contributed by atoms with Gasteiger partial charge in [0.2, 0.25) is 0 Å². The van der Waals surface area contributed by atoms with Crippen LogP contribution in [-0.4, -0.2) is 8.07 Å². The average molecular weight is 931 g/mol. The lowest BCUT2D eigenvalue weighted by molar-refractivity contribution is 0.661. The molecule has 0 atom stereocenters. The molecule has 0 nitrogen and oxygen atoms in total. The minimum absolute atomic E-state index is 0.207. The summed E-state index contributed by atoms with van der Waals surface area (Å²) < 4.78 is 0. The molecule has 1 heteroatoms. The largest absolute Gasteiger partial charge is 0.179 e. The summed E-state index contributed by atoms with van der Waals surface area (Å²) in [5.74, 6) is 0. The summed E-state index contributed by atoms with van der Waals surface area (Å²) in [7, 11) is -2.68. The summed E-state index contributed by atoms with van der Waals surface area (Å²) in [6.07, 6.45) is 0. The van der Waals surface area contributed by atoms with Gasteiger partial charge in [-0.25, -0.2) is 0 Å². The van der Waals surface area contributed by atoms with Gasteiger partial charge in [0.1, 0.15) is 0 Å². The zero-order chi connectivity index (χ0) is 48.0. The van der Waals surface area contributed by atoms with Crippen molar-refractivity contribution < 1.29 is 0 Å². The van der Waals surface area contributed by atoms with Crippen LogP contribution < -0.4 is 20.7 Å². The van der Waals surface area contributed by atoms with E-state index in [1.54, 1.807) is 0 Å². The number of fused-ring (bicyclic) bond motifs is 4. The highest BCUT2D eigenvalue weighted by molar-refractivity contribution is 7.19. The molecule has 14 rings (SSSR count). The van der Waals surface area contributed by atoms with Gasteiger partial charge in [-0.05, 0) is 167 Å². The van der Waals surface area contributed by atoms with Crippen LogP contribution >= 0.6 is 0 Å². The highest BCUT2D eigenvalue weighted by atomic mass is 28.3. The molecular formula is C71H50Si. The van der Waals surface area contributed by atoms with Crippen molar-refractivity contribution in [3.63, 3.8) is 0 Å². The Morgan fingerprint density at radius 2 is 0.653 bits per heavy atom. The summed E-state index contributed by atoms with van der Waals surface area (Å²) in [4.78, 5) is 0. The molecule has 0 spiro atoms. The van der Waals surface area contributed by atoms with Crippen molar-refractivity contribution in [1.82, 2.24) is 0 Å². The van der Waals surface area contributed by atoms with Gasteiger partial charge in [-0.1, -0.05) is 244 Å². The van der Waals surface area contributed by atoms with E-state index in [1.807, 2.05) is 0 Å². The Hall–Kier alpha value is -8.62. The summed E-state index contributed by atoms with van der Waals surface area (Å²) in [6, 6.07) is 101. The van der Waals surface area contributed by atoms with Crippen molar-refractivity contribution in [2.75, 3.05) is 0 Å². The maximum atomic E-state index is 2.48. The van der Waals surface area contributed by atoms with Crippen LogP contribution in [0, 0.1) is 0 Å². The standard InChI is InChI=1S/C71H50Si/c1-71(2)67-45-54(33-38-64(67)65-39-34-55(46-68(65)71)63-37-31-51-27-26-49-17-14-18-50-32-40-66(63)70(51)69(49)50)58-43-56(42-57(44-58)53-28-25-47-15-12-13-16-52(47)41-53)48-29-35-62(36-30-48)72(59-19-6-3-7-20-59,60-21-8-4-9-22-60)61-23-10-5-11-24-61/h3-46H,1-2H3. The minimum atomic E-state index is -2.68. The molecule has 0 unspecified atom stereocenters. The molecular weight excluding hydrogens is 881 g/mol. The van der Waals surface area contributed by atoms with Gasteiger partial charge in [0.15, 0.2) is 8.07 Å². The molecule has 13 aromatic rings. The lowest BCUT2D eigenvalue weighted by Gasteiger charge is -2.34. The SMILES string of the molecule is CC1(C)c2cc(-c3cc(-c4ccc([Si](c5ccccc5)(c5ccccc5)c5ccccc5)cc4)cc(-c4ccc5ccccc5c4)c3)ccc2-c2ccc(-c3ccc4ccc5cccc6ccc3c4c56)cc21. The van der Waals surface area contributed by atoms with Crippen LogP contribution in [0.2, 0.25) is 0 Å². The first-order chi connectivity index (χ1) is 35.4. The van der Waals surface area contributed by atoms with Crippen molar-refractivity contribution in [1.29, 1.82) is 0 Å². The molecule has 338 valence electrons. The van der Waals surface area contributed by atoms with E-state index in [0.29, 0.717) is 0 Å². The Balaban J connectivity index is 0.888.